The molecule has 0 saturated carbocycles. The molecule has 0 radical (unpaired) electrons. The van der Waals surface area contributed by atoms with Crippen LogP contribution in [0.3, 0.4) is 0 Å². The third-order valence-electron chi connectivity index (χ3n) is 1.54. The molecule has 1 rings (SSSR count). The van der Waals surface area contributed by atoms with Gasteiger partial charge >= 0.3 is 0 Å². The maximum Gasteiger partial charge on any atom is 0.282 e. The predicted octanol–water partition coefficient (Wildman–Crippen LogP) is 1.63. The molecule has 6 heteroatoms. The Kier molecular flexibility index (Phi) is 2.93. The van der Waals surface area contributed by atoms with Crippen molar-refractivity contribution in [2.24, 2.45) is 0 Å². The Bertz CT molecular complexity index is 416. The van der Waals surface area contributed by atoms with Gasteiger partial charge in [-0.05, 0) is 6.07 Å². The third kappa shape index (κ3) is 1.77. The van der Waals surface area contributed by atoms with E-state index >= 15 is 0 Å². The van der Waals surface area contributed by atoms with E-state index < -0.39 is 16.4 Å². The Morgan fingerprint density at radius 1 is 1.50 bits per heavy atom. The summed E-state index contributed by atoms with van der Waals surface area (Å²) in [6.45, 7) is 0. The van der Waals surface area contributed by atoms with Crippen LogP contribution in [-0.2, 0) is 4.79 Å². The molecule has 0 fully saturated rings. The normalized spacial score (nSPS) is 9.50. The highest BCUT2D eigenvalue weighted by molar-refractivity contribution is 6.42. The maximum atomic E-state index is 11.0. The number of benzene rings is 1. The molecule has 5 nitrogen and oxygen atoms in total. The predicted molar refractivity (Wildman–Crippen MR) is 48.5 cm³/mol. The maximum absolute atomic E-state index is 11.0. The average molecular weight is 214 g/mol. The minimum Gasteiger partial charge on any atom is -0.294 e. The number of halogens is 1. The van der Waals surface area contributed by atoms with Crippen molar-refractivity contribution in [3.63, 3.8) is 0 Å². The van der Waals surface area contributed by atoms with Crippen molar-refractivity contribution in [3.8, 4) is 0 Å². The van der Waals surface area contributed by atoms with Crippen LogP contribution >= 0.6 is 11.6 Å². The number of rotatable bonds is 3. The van der Waals surface area contributed by atoms with Crippen molar-refractivity contribution >= 4 is 29.4 Å². The molecule has 0 N–H and O–H groups in total. The second kappa shape index (κ2) is 3.97. The average Bonchev–Trinajstić information content (AvgIpc) is 2.16. The van der Waals surface area contributed by atoms with Crippen LogP contribution in [0.1, 0.15) is 10.4 Å². The number of nitro benzene ring substituents is 1. The number of ketones is 1. The smallest absolute Gasteiger partial charge is 0.282 e. The second-order valence-corrected chi connectivity index (χ2v) is 2.78. The molecule has 0 aliphatic carbocycles. The van der Waals surface area contributed by atoms with Gasteiger partial charge < -0.3 is 0 Å². The summed E-state index contributed by atoms with van der Waals surface area (Å²) in [4.78, 5) is 30.9. The van der Waals surface area contributed by atoms with Gasteiger partial charge in [0.15, 0.2) is 6.29 Å². The Morgan fingerprint density at radius 2 is 2.14 bits per heavy atom. The summed E-state index contributed by atoms with van der Waals surface area (Å²) < 4.78 is 0. The largest absolute Gasteiger partial charge is 0.294 e. The molecule has 0 unspecified atom stereocenters. The third-order valence-corrected chi connectivity index (χ3v) is 1.86. The van der Waals surface area contributed by atoms with E-state index in [9.17, 15) is 19.7 Å². The van der Waals surface area contributed by atoms with E-state index in [2.05, 4.69) is 0 Å². The van der Waals surface area contributed by atoms with Crippen LogP contribution < -0.4 is 0 Å². The van der Waals surface area contributed by atoms with Crippen molar-refractivity contribution in [2.75, 3.05) is 0 Å². The van der Waals surface area contributed by atoms with E-state index in [-0.39, 0.29) is 16.9 Å². The quantitative estimate of drug-likeness (QED) is 0.251. The lowest BCUT2D eigenvalue weighted by Crippen LogP contribution is -2.05. The SMILES string of the molecule is O=CC(=O)c1c(Cl)cccc1[N+](=O)[O-]. The number of nitro groups is 1. The number of nitrogens with zero attached hydrogens (tertiary/aromatic N) is 1. The van der Waals surface area contributed by atoms with Crippen molar-refractivity contribution < 1.29 is 14.5 Å². The standard InChI is InChI=1S/C8H4ClNO4/c9-5-2-1-3-6(10(13)14)8(5)7(12)4-11/h1-4H. The number of carbonyl (C=O) groups excluding carboxylic acids is 2. The molecule has 1 aromatic rings. The van der Waals surface area contributed by atoms with Crippen LogP contribution in [0.4, 0.5) is 5.69 Å². The van der Waals surface area contributed by atoms with Gasteiger partial charge in [0.2, 0.25) is 5.78 Å². The Hall–Kier alpha value is -1.75. The molecule has 0 aromatic heterocycles. The first-order valence-corrected chi connectivity index (χ1v) is 3.88. The molecule has 0 heterocycles. The first-order valence-electron chi connectivity index (χ1n) is 3.50. The van der Waals surface area contributed by atoms with Gasteiger partial charge in [-0.1, -0.05) is 17.7 Å². The first-order chi connectivity index (χ1) is 6.57. The molecule has 0 amide bonds. The minimum atomic E-state index is -0.998. The number of Topliss-reactive ketones (excluding diaryl/α,β-unsaturated/α-hetero) is 1. The molecule has 0 atom stereocenters. The van der Waals surface area contributed by atoms with E-state index in [1.807, 2.05) is 0 Å². The summed E-state index contributed by atoms with van der Waals surface area (Å²) >= 11 is 5.56. The van der Waals surface area contributed by atoms with Crippen molar-refractivity contribution in [2.45, 2.75) is 0 Å². The van der Waals surface area contributed by atoms with Gasteiger partial charge in [-0.3, -0.25) is 19.7 Å². The molecular formula is C8H4ClNO4. The Labute approximate surface area is 83.4 Å². The number of hydrogen-bond donors (Lipinski definition) is 0. The summed E-state index contributed by atoms with van der Waals surface area (Å²) in [7, 11) is 0. The molecule has 1 aromatic carbocycles. The number of carbonyl (C=O) groups is 2. The fourth-order valence-electron chi connectivity index (χ4n) is 0.968. The van der Waals surface area contributed by atoms with Crippen LogP contribution in [0.25, 0.3) is 0 Å². The lowest BCUT2D eigenvalue weighted by molar-refractivity contribution is -0.385. The topological polar surface area (TPSA) is 77.3 Å². The molecule has 72 valence electrons. The van der Waals surface area contributed by atoms with Crippen molar-refractivity contribution in [1.29, 1.82) is 0 Å². The van der Waals surface area contributed by atoms with E-state index in [4.69, 9.17) is 11.6 Å². The second-order valence-electron chi connectivity index (χ2n) is 2.37. The minimum absolute atomic E-state index is 0.00574. The molecule has 14 heavy (non-hydrogen) atoms. The van der Waals surface area contributed by atoms with Gasteiger partial charge in [0.25, 0.3) is 5.69 Å². The highest BCUT2D eigenvalue weighted by atomic mass is 35.5. The van der Waals surface area contributed by atoms with Crippen LogP contribution in [0.2, 0.25) is 5.02 Å². The molecule has 0 saturated heterocycles. The van der Waals surface area contributed by atoms with Gasteiger partial charge in [0, 0.05) is 6.07 Å². The van der Waals surface area contributed by atoms with Crippen LogP contribution in [-0.4, -0.2) is 17.0 Å². The fraction of sp³-hybridized carbons (Fsp3) is 0. The molecule has 0 aliphatic heterocycles. The Balaban J connectivity index is 3.44. The fourth-order valence-corrected chi connectivity index (χ4v) is 1.23. The highest BCUT2D eigenvalue weighted by Crippen LogP contribution is 2.25. The summed E-state index contributed by atoms with van der Waals surface area (Å²) in [5, 5.41) is 10.4. The van der Waals surface area contributed by atoms with Crippen LogP contribution in [0.15, 0.2) is 18.2 Å². The van der Waals surface area contributed by atoms with Gasteiger partial charge in [0.1, 0.15) is 5.56 Å². The van der Waals surface area contributed by atoms with Gasteiger partial charge in [-0.15, -0.1) is 0 Å². The number of hydrogen-bond acceptors (Lipinski definition) is 4. The summed E-state index contributed by atoms with van der Waals surface area (Å²) in [6, 6.07) is 3.76. The van der Waals surface area contributed by atoms with Gasteiger partial charge in [-0.2, -0.15) is 0 Å². The summed E-state index contributed by atoms with van der Waals surface area (Å²) in [5.74, 6) is -0.998. The lowest BCUT2D eigenvalue weighted by Gasteiger charge is -1.99. The van der Waals surface area contributed by atoms with E-state index in [0.29, 0.717) is 0 Å². The van der Waals surface area contributed by atoms with Gasteiger partial charge in [-0.25, -0.2) is 0 Å². The molecule has 0 spiro atoms. The van der Waals surface area contributed by atoms with E-state index in [1.165, 1.54) is 12.1 Å². The van der Waals surface area contributed by atoms with E-state index in [0.717, 1.165) is 6.07 Å². The Morgan fingerprint density at radius 3 is 2.64 bits per heavy atom. The van der Waals surface area contributed by atoms with Crippen molar-refractivity contribution in [3.05, 3.63) is 38.9 Å². The zero-order valence-electron chi connectivity index (χ0n) is 6.77. The first kappa shape index (κ1) is 10.3. The van der Waals surface area contributed by atoms with Crippen LogP contribution in [0.5, 0.6) is 0 Å². The zero-order chi connectivity index (χ0) is 10.7. The van der Waals surface area contributed by atoms with Gasteiger partial charge in [0.05, 0.1) is 9.95 Å². The number of aldehydes is 1. The van der Waals surface area contributed by atoms with E-state index in [1.54, 1.807) is 0 Å². The molecule has 0 aliphatic rings. The van der Waals surface area contributed by atoms with Crippen LogP contribution in [0, 0.1) is 10.1 Å². The summed E-state index contributed by atoms with van der Waals surface area (Å²) in [6.07, 6.45) is -0.00574. The summed E-state index contributed by atoms with van der Waals surface area (Å²) in [5.41, 5.74) is -0.830. The lowest BCUT2D eigenvalue weighted by atomic mass is 10.1. The van der Waals surface area contributed by atoms with Crippen molar-refractivity contribution in [1.82, 2.24) is 0 Å². The monoisotopic (exact) mass is 213 g/mol. The highest BCUT2D eigenvalue weighted by Gasteiger charge is 2.22. The molecule has 0 bridgehead atoms. The zero-order valence-corrected chi connectivity index (χ0v) is 7.52. The molecular weight excluding hydrogens is 210 g/mol.